The number of rotatable bonds is 7. The lowest BCUT2D eigenvalue weighted by molar-refractivity contribution is 0.0511. The highest BCUT2D eigenvalue weighted by Gasteiger charge is 2.20. The molecule has 0 unspecified atom stereocenters. The van der Waals surface area contributed by atoms with Gasteiger partial charge in [-0.3, -0.25) is 0 Å². The zero-order chi connectivity index (χ0) is 16.2. The van der Waals surface area contributed by atoms with Gasteiger partial charge in [-0.2, -0.15) is 8.42 Å². The zero-order valence-corrected chi connectivity index (χ0v) is 13.3. The van der Waals surface area contributed by atoms with Crippen molar-refractivity contribution >= 4 is 10.1 Å². The molecule has 120 valence electrons. The van der Waals surface area contributed by atoms with Gasteiger partial charge in [-0.05, 0) is 31.2 Å². The van der Waals surface area contributed by atoms with E-state index < -0.39 is 10.1 Å². The van der Waals surface area contributed by atoms with Gasteiger partial charge in [0.15, 0.2) is 12.5 Å². The van der Waals surface area contributed by atoms with Gasteiger partial charge in [0.05, 0.1) is 5.75 Å². The number of benzene rings is 1. The minimum atomic E-state index is -3.66. The van der Waals surface area contributed by atoms with Crippen LogP contribution in [0.4, 0.5) is 0 Å². The van der Waals surface area contributed by atoms with Crippen molar-refractivity contribution in [1.82, 2.24) is 15.0 Å². The number of aryl methyl sites for hydroxylation is 1. The summed E-state index contributed by atoms with van der Waals surface area (Å²) in [7, 11) is -0.562. The summed E-state index contributed by atoms with van der Waals surface area (Å²) in [6.45, 7) is 1.65. The van der Waals surface area contributed by atoms with Gasteiger partial charge in [-0.25, -0.2) is 4.68 Å². The molecule has 0 amide bonds. The third kappa shape index (κ3) is 3.74. The number of nitrogens with zero attached hydrogens (tertiary/aromatic N) is 3. The molecule has 0 spiro atoms. The lowest BCUT2D eigenvalue weighted by atomic mass is 10.1. The zero-order valence-electron chi connectivity index (χ0n) is 12.5. The molecule has 1 heterocycles. The van der Waals surface area contributed by atoms with E-state index in [2.05, 4.69) is 10.3 Å². The van der Waals surface area contributed by atoms with Crippen molar-refractivity contribution in [3.8, 4) is 22.9 Å². The topological polar surface area (TPSA) is 92.5 Å². The Morgan fingerprint density at radius 2 is 1.91 bits per heavy atom. The fourth-order valence-corrected chi connectivity index (χ4v) is 2.18. The molecule has 0 saturated carbocycles. The summed E-state index contributed by atoms with van der Waals surface area (Å²) in [5.74, 6) is 0.562. The van der Waals surface area contributed by atoms with Crippen molar-refractivity contribution in [2.45, 2.75) is 6.92 Å². The van der Waals surface area contributed by atoms with E-state index in [0.717, 1.165) is 0 Å². The quantitative estimate of drug-likeness (QED) is 0.557. The maximum absolute atomic E-state index is 11.6. The van der Waals surface area contributed by atoms with Crippen LogP contribution in [0.2, 0.25) is 0 Å². The van der Waals surface area contributed by atoms with E-state index in [1.54, 1.807) is 31.3 Å². The second-order valence-corrected chi connectivity index (χ2v) is 6.23. The number of methoxy groups -OCH3 is 1. The molecule has 1 aromatic heterocycles. The average Bonchev–Trinajstić information content (AvgIpc) is 2.86. The first kappa shape index (κ1) is 16.2. The van der Waals surface area contributed by atoms with Gasteiger partial charge in [0.2, 0.25) is 0 Å². The predicted octanol–water partition coefficient (Wildman–Crippen LogP) is 1.19. The first-order chi connectivity index (χ1) is 10.5. The smallest absolute Gasteiger partial charge is 0.310 e. The molecule has 0 aliphatic carbocycles. The van der Waals surface area contributed by atoms with Crippen LogP contribution in [0.3, 0.4) is 0 Å². The SMILES string of the molecule is CCS(=O)(=O)Oc1c(-c2ccc(OCOC)cc2)nnn1C. The normalized spacial score (nSPS) is 11.4. The van der Waals surface area contributed by atoms with Gasteiger partial charge in [0, 0.05) is 19.7 Å². The van der Waals surface area contributed by atoms with Gasteiger partial charge in [0.25, 0.3) is 5.88 Å². The molecule has 8 nitrogen and oxygen atoms in total. The van der Waals surface area contributed by atoms with E-state index in [9.17, 15) is 8.42 Å². The molecule has 22 heavy (non-hydrogen) atoms. The molecule has 0 saturated heterocycles. The Morgan fingerprint density at radius 3 is 2.50 bits per heavy atom. The standard InChI is InChI=1S/C13H17N3O5S/c1-4-22(17,18)21-13-12(14-15-16(13)2)10-5-7-11(8-6-10)20-9-19-3/h5-8H,4,9H2,1-3H3. The Morgan fingerprint density at radius 1 is 1.23 bits per heavy atom. The van der Waals surface area contributed by atoms with Gasteiger partial charge >= 0.3 is 10.1 Å². The van der Waals surface area contributed by atoms with E-state index in [1.165, 1.54) is 18.7 Å². The highest BCUT2D eigenvalue weighted by molar-refractivity contribution is 7.87. The third-order valence-corrected chi connectivity index (χ3v) is 3.92. The first-order valence-corrected chi connectivity index (χ1v) is 8.08. The van der Waals surface area contributed by atoms with Gasteiger partial charge in [0.1, 0.15) is 5.75 Å². The average molecular weight is 327 g/mol. The van der Waals surface area contributed by atoms with Crippen LogP contribution in [0.1, 0.15) is 6.92 Å². The molecule has 2 aromatic rings. The second kappa shape index (κ2) is 6.75. The van der Waals surface area contributed by atoms with Crippen LogP contribution >= 0.6 is 0 Å². The van der Waals surface area contributed by atoms with E-state index in [4.69, 9.17) is 13.7 Å². The molecular formula is C13H17N3O5S. The van der Waals surface area contributed by atoms with E-state index in [-0.39, 0.29) is 18.4 Å². The molecule has 9 heteroatoms. The van der Waals surface area contributed by atoms with Crippen molar-refractivity contribution < 1.29 is 22.1 Å². The largest absolute Gasteiger partial charge is 0.468 e. The van der Waals surface area contributed by atoms with E-state index in [1.807, 2.05) is 0 Å². The van der Waals surface area contributed by atoms with Gasteiger partial charge in [-0.1, -0.05) is 5.21 Å². The van der Waals surface area contributed by atoms with Crippen molar-refractivity contribution in [1.29, 1.82) is 0 Å². The predicted molar refractivity (Wildman–Crippen MR) is 79.0 cm³/mol. The minimum Gasteiger partial charge on any atom is -0.468 e. The van der Waals surface area contributed by atoms with Crippen molar-refractivity contribution in [3.05, 3.63) is 24.3 Å². The van der Waals surface area contributed by atoms with Crippen LogP contribution in [-0.2, 0) is 21.9 Å². The molecule has 0 radical (unpaired) electrons. The Hall–Kier alpha value is -2.13. The summed E-state index contributed by atoms with van der Waals surface area (Å²) in [4.78, 5) is 0. The summed E-state index contributed by atoms with van der Waals surface area (Å²) in [5.41, 5.74) is 1.01. The fourth-order valence-electron chi connectivity index (χ4n) is 1.64. The van der Waals surface area contributed by atoms with E-state index in [0.29, 0.717) is 17.0 Å². The van der Waals surface area contributed by atoms with Crippen LogP contribution in [0.15, 0.2) is 24.3 Å². The Kier molecular flexibility index (Phi) is 4.99. The fraction of sp³-hybridized carbons (Fsp3) is 0.385. The monoisotopic (exact) mass is 327 g/mol. The molecule has 0 N–H and O–H groups in total. The second-order valence-electron chi connectivity index (χ2n) is 4.37. The number of hydrogen-bond donors (Lipinski definition) is 0. The van der Waals surface area contributed by atoms with E-state index >= 15 is 0 Å². The first-order valence-electron chi connectivity index (χ1n) is 6.51. The van der Waals surface area contributed by atoms with Crippen LogP contribution in [0.25, 0.3) is 11.3 Å². The van der Waals surface area contributed by atoms with Crippen LogP contribution in [0, 0.1) is 0 Å². The summed E-state index contributed by atoms with van der Waals surface area (Å²) in [6.07, 6.45) is 0. The highest BCUT2D eigenvalue weighted by Crippen LogP contribution is 2.29. The number of ether oxygens (including phenoxy) is 2. The molecule has 0 fully saturated rings. The summed E-state index contributed by atoms with van der Waals surface area (Å²) < 4.78 is 39.7. The Bertz CT molecular complexity index is 725. The minimum absolute atomic E-state index is 0.0763. The lowest BCUT2D eigenvalue weighted by Gasteiger charge is -2.07. The maximum atomic E-state index is 11.6. The van der Waals surface area contributed by atoms with Gasteiger partial charge < -0.3 is 13.7 Å². The Balaban J connectivity index is 2.29. The van der Waals surface area contributed by atoms with Crippen LogP contribution in [0.5, 0.6) is 11.6 Å². The molecule has 2 rings (SSSR count). The summed E-state index contributed by atoms with van der Waals surface area (Å²) >= 11 is 0. The lowest BCUT2D eigenvalue weighted by Crippen LogP contribution is -2.14. The molecule has 0 atom stereocenters. The highest BCUT2D eigenvalue weighted by atomic mass is 32.2. The molecule has 0 aliphatic rings. The summed E-state index contributed by atoms with van der Waals surface area (Å²) in [6, 6.07) is 6.92. The third-order valence-electron chi connectivity index (χ3n) is 2.81. The van der Waals surface area contributed by atoms with Gasteiger partial charge in [-0.15, -0.1) is 5.10 Å². The van der Waals surface area contributed by atoms with Crippen LogP contribution in [-0.4, -0.2) is 43.1 Å². The van der Waals surface area contributed by atoms with Crippen LogP contribution < -0.4 is 8.92 Å². The van der Waals surface area contributed by atoms with Crippen molar-refractivity contribution in [2.75, 3.05) is 19.7 Å². The molecule has 0 aliphatic heterocycles. The number of aromatic nitrogens is 3. The van der Waals surface area contributed by atoms with Crippen molar-refractivity contribution in [2.24, 2.45) is 7.05 Å². The van der Waals surface area contributed by atoms with Crippen molar-refractivity contribution in [3.63, 3.8) is 0 Å². The Labute approximate surface area is 128 Å². The molecule has 0 bridgehead atoms. The maximum Gasteiger partial charge on any atom is 0.310 e. The summed E-state index contributed by atoms with van der Waals surface area (Å²) in [5, 5.41) is 7.76. The molecule has 1 aromatic carbocycles. The molecular weight excluding hydrogens is 310 g/mol. The number of hydrogen-bond acceptors (Lipinski definition) is 7.